The number of aryl methyl sites for hydroxylation is 2. The number of imidazole rings is 1. The van der Waals surface area contributed by atoms with Crippen LogP contribution in [-0.4, -0.2) is 25.0 Å². The maximum absolute atomic E-state index is 14.4. The van der Waals surface area contributed by atoms with Crippen LogP contribution in [0.1, 0.15) is 48.0 Å². The van der Waals surface area contributed by atoms with Crippen LogP contribution in [0.3, 0.4) is 0 Å². The first-order chi connectivity index (χ1) is 16.7. The first-order valence-electron chi connectivity index (χ1n) is 11.9. The minimum Gasteiger partial charge on any atom is -0.366 e. The van der Waals surface area contributed by atoms with Crippen LogP contribution in [0.5, 0.6) is 0 Å². The van der Waals surface area contributed by atoms with Crippen LogP contribution < -0.4 is 16.7 Å². The standard InChI is InChI=1S/C25H24FN7O2/c1-12-3-15(19(28)34)16(26)4-17(12)30-21-29-10-18-20(31-21)33(22(35)32(18)2)24-6-13-5-23(11-27)8-14(9-24)25(23,24)7-13/h3-4,10,13-14H,5-9H2,1-2H3,(H2,28,34)(H,29,30,31). The number of nitrogens with one attached hydrogen (secondary N) is 1. The third-order valence-electron chi connectivity index (χ3n) is 9.70. The quantitative estimate of drug-likeness (QED) is 0.599. The van der Waals surface area contributed by atoms with E-state index in [4.69, 9.17) is 10.7 Å². The summed E-state index contributed by atoms with van der Waals surface area (Å²) in [6, 6.07) is 5.24. The van der Waals surface area contributed by atoms with E-state index in [1.54, 1.807) is 24.7 Å². The minimum absolute atomic E-state index is 0.139. The Hall–Kier alpha value is -3.74. The first-order valence-corrected chi connectivity index (χ1v) is 11.9. The van der Waals surface area contributed by atoms with Gasteiger partial charge >= 0.3 is 5.69 Å². The predicted molar refractivity (Wildman–Crippen MR) is 124 cm³/mol. The number of primary amides is 1. The van der Waals surface area contributed by atoms with Gasteiger partial charge in [0.05, 0.1) is 28.8 Å². The van der Waals surface area contributed by atoms with Crippen LogP contribution in [0.4, 0.5) is 16.0 Å². The van der Waals surface area contributed by atoms with Gasteiger partial charge in [0.1, 0.15) is 11.3 Å². The lowest BCUT2D eigenvalue weighted by molar-refractivity contribution is -0.264. The van der Waals surface area contributed by atoms with E-state index in [0.29, 0.717) is 34.3 Å². The summed E-state index contributed by atoms with van der Waals surface area (Å²) in [6.07, 6.45) is 6.29. The number of hydrogen-bond acceptors (Lipinski definition) is 6. The van der Waals surface area contributed by atoms with Gasteiger partial charge in [-0.1, -0.05) is 0 Å². The number of carbonyl (C=O) groups excluding carboxylic acids is 1. The number of amides is 1. The monoisotopic (exact) mass is 473 g/mol. The van der Waals surface area contributed by atoms with Crippen LogP contribution in [0.25, 0.3) is 11.2 Å². The first kappa shape index (κ1) is 20.6. The van der Waals surface area contributed by atoms with Gasteiger partial charge in [-0.05, 0) is 68.6 Å². The van der Waals surface area contributed by atoms with Crippen molar-refractivity contribution >= 4 is 28.7 Å². The highest BCUT2D eigenvalue weighted by Crippen LogP contribution is 2.89. The zero-order chi connectivity index (χ0) is 24.5. The molecule has 4 saturated carbocycles. The molecule has 2 heterocycles. The van der Waals surface area contributed by atoms with Crippen LogP contribution in [0, 0.1) is 46.7 Å². The molecule has 1 amide bonds. The molecule has 3 N–H and O–H groups in total. The Morgan fingerprint density at radius 2 is 2.09 bits per heavy atom. The Kier molecular flexibility index (Phi) is 3.58. The van der Waals surface area contributed by atoms with Crippen molar-refractivity contribution in [2.45, 2.75) is 44.6 Å². The van der Waals surface area contributed by atoms with Crippen molar-refractivity contribution in [1.82, 2.24) is 19.1 Å². The van der Waals surface area contributed by atoms with Gasteiger partial charge in [0.15, 0.2) is 5.65 Å². The lowest BCUT2D eigenvalue weighted by atomic mass is 9.29. The van der Waals surface area contributed by atoms with Gasteiger partial charge in [-0.15, -0.1) is 0 Å². The second-order valence-corrected chi connectivity index (χ2v) is 11.0. The summed E-state index contributed by atoms with van der Waals surface area (Å²) in [4.78, 5) is 34.1. The predicted octanol–water partition coefficient (Wildman–Crippen LogP) is 2.85. The van der Waals surface area contributed by atoms with Gasteiger partial charge in [-0.2, -0.15) is 10.2 Å². The van der Waals surface area contributed by atoms with E-state index in [1.807, 2.05) is 4.57 Å². The molecule has 10 heteroatoms. The Morgan fingerprint density at radius 1 is 1.29 bits per heavy atom. The molecule has 9 nitrogen and oxygen atoms in total. The molecular weight excluding hydrogens is 449 g/mol. The largest absolute Gasteiger partial charge is 0.366 e. The highest BCUT2D eigenvalue weighted by Gasteiger charge is 2.88. The highest BCUT2D eigenvalue weighted by atomic mass is 19.1. The summed E-state index contributed by atoms with van der Waals surface area (Å²) in [5.74, 6) is -0.402. The van der Waals surface area contributed by atoms with Gasteiger partial charge in [-0.3, -0.25) is 13.9 Å². The number of aromatic nitrogens is 4. The molecule has 3 aromatic rings. The SMILES string of the molecule is Cc1cc(C(N)=O)c(F)cc1Nc1ncc2c(n1)n(C13CC4CC5(C#N)CC(C1)C53C4)c(=O)n2C. The molecule has 7 rings (SSSR count). The van der Waals surface area contributed by atoms with E-state index in [2.05, 4.69) is 16.4 Å². The topological polar surface area (TPSA) is 132 Å². The average Bonchev–Trinajstić information content (AvgIpc) is 3.36. The number of rotatable bonds is 4. The summed E-state index contributed by atoms with van der Waals surface area (Å²) < 4.78 is 17.8. The van der Waals surface area contributed by atoms with Crippen molar-refractivity contribution in [2.24, 2.45) is 35.4 Å². The third-order valence-corrected chi connectivity index (χ3v) is 9.70. The maximum Gasteiger partial charge on any atom is 0.330 e. The zero-order valence-electron chi connectivity index (χ0n) is 19.4. The fraction of sp³-hybridized carbons (Fsp3) is 0.480. The van der Waals surface area contributed by atoms with E-state index < -0.39 is 11.7 Å². The zero-order valence-corrected chi connectivity index (χ0v) is 19.4. The second kappa shape index (κ2) is 6.08. The number of carbonyl (C=O) groups is 1. The van der Waals surface area contributed by atoms with E-state index in [9.17, 15) is 19.2 Å². The molecule has 1 spiro atoms. The van der Waals surface area contributed by atoms with Crippen LogP contribution >= 0.6 is 0 Å². The average molecular weight is 474 g/mol. The Morgan fingerprint density at radius 3 is 2.80 bits per heavy atom. The summed E-state index contributed by atoms with van der Waals surface area (Å²) >= 11 is 0. The second-order valence-electron chi connectivity index (χ2n) is 11.0. The molecule has 2 bridgehead atoms. The number of benzene rings is 1. The number of nitrogens with zero attached hydrogens (tertiary/aromatic N) is 5. The van der Waals surface area contributed by atoms with Gasteiger partial charge in [-0.25, -0.2) is 14.2 Å². The normalized spacial score (nSPS) is 33.7. The molecule has 1 aromatic carbocycles. The van der Waals surface area contributed by atoms with Crippen LogP contribution in [0.15, 0.2) is 23.1 Å². The lowest BCUT2D eigenvalue weighted by Gasteiger charge is -2.75. The summed E-state index contributed by atoms with van der Waals surface area (Å²) in [5.41, 5.74) is 6.23. The number of fused-ring (bicyclic) bond motifs is 2. The number of nitriles is 1. The van der Waals surface area contributed by atoms with Gasteiger partial charge in [0, 0.05) is 18.2 Å². The van der Waals surface area contributed by atoms with Crippen molar-refractivity contribution in [3.8, 4) is 6.07 Å². The Labute approximate surface area is 199 Å². The lowest BCUT2D eigenvalue weighted by Crippen LogP contribution is -2.76. The number of nitrogens with two attached hydrogens (primary N) is 1. The molecule has 0 aliphatic heterocycles. The van der Waals surface area contributed by atoms with Crippen molar-refractivity contribution < 1.29 is 9.18 Å². The number of hydrogen-bond donors (Lipinski definition) is 2. The van der Waals surface area contributed by atoms with Gasteiger partial charge in [0.2, 0.25) is 5.95 Å². The molecule has 4 aliphatic rings. The molecule has 2 aromatic heterocycles. The molecule has 4 fully saturated rings. The van der Waals surface area contributed by atoms with Gasteiger partial charge < -0.3 is 11.1 Å². The maximum atomic E-state index is 14.4. The molecule has 0 saturated heterocycles. The summed E-state index contributed by atoms with van der Waals surface area (Å²) in [7, 11) is 1.72. The van der Waals surface area contributed by atoms with Crippen LogP contribution in [0.2, 0.25) is 0 Å². The molecule has 178 valence electrons. The van der Waals surface area contributed by atoms with Crippen LogP contribution in [-0.2, 0) is 12.6 Å². The molecular formula is C25H24FN7O2. The van der Waals surface area contributed by atoms with E-state index in [0.717, 1.165) is 32.1 Å². The van der Waals surface area contributed by atoms with Crippen molar-refractivity contribution in [3.63, 3.8) is 0 Å². The van der Waals surface area contributed by atoms with Crippen molar-refractivity contribution in [3.05, 3.63) is 45.8 Å². The van der Waals surface area contributed by atoms with E-state index in [1.165, 1.54) is 12.1 Å². The minimum atomic E-state index is -0.837. The number of anilines is 2. The summed E-state index contributed by atoms with van der Waals surface area (Å²) in [5, 5.41) is 13.2. The molecule has 0 radical (unpaired) electrons. The number of halogens is 1. The smallest absolute Gasteiger partial charge is 0.330 e. The Balaban J connectivity index is 1.36. The third kappa shape index (κ3) is 2.10. The van der Waals surface area contributed by atoms with Crippen molar-refractivity contribution in [1.29, 1.82) is 5.26 Å². The fourth-order valence-corrected chi connectivity index (χ4v) is 8.55. The summed E-state index contributed by atoms with van der Waals surface area (Å²) in [6.45, 7) is 1.73. The molecule has 35 heavy (non-hydrogen) atoms. The van der Waals surface area contributed by atoms with Gasteiger partial charge in [0.25, 0.3) is 5.91 Å². The molecule has 5 atom stereocenters. The fourth-order valence-electron chi connectivity index (χ4n) is 8.55. The molecule has 4 aliphatic carbocycles. The Bertz CT molecular complexity index is 1600. The van der Waals surface area contributed by atoms with Crippen molar-refractivity contribution in [2.75, 3.05) is 5.32 Å². The van der Waals surface area contributed by atoms with E-state index >= 15 is 0 Å². The highest BCUT2D eigenvalue weighted by molar-refractivity contribution is 5.94. The van der Waals surface area contributed by atoms with E-state index in [-0.39, 0.29) is 33.6 Å². The molecule has 5 unspecified atom stereocenters.